The predicted molar refractivity (Wildman–Crippen MR) is 131 cm³/mol. The van der Waals surface area contributed by atoms with E-state index in [9.17, 15) is 19.0 Å². The molecule has 194 valence electrons. The Morgan fingerprint density at radius 1 is 1.41 bits per heavy atom. The lowest BCUT2D eigenvalue weighted by Gasteiger charge is -2.40. The zero-order valence-electron chi connectivity index (χ0n) is 20.3. The minimum Gasteiger partial charge on any atom is -0.400 e. The smallest absolute Gasteiger partial charge is 0.294 e. The Morgan fingerprint density at radius 3 is 2.74 bits per heavy atom. The molecular weight excluding hydrogens is 462 g/mol. The van der Waals surface area contributed by atoms with E-state index in [2.05, 4.69) is 24.8 Å². The van der Waals surface area contributed by atoms with Gasteiger partial charge in [-0.1, -0.05) is 6.92 Å². The number of aryl methyl sites for hydroxylation is 1. The van der Waals surface area contributed by atoms with E-state index in [1.165, 1.54) is 21.5 Å². The Hall–Kier alpha value is -1.30. The van der Waals surface area contributed by atoms with Crippen molar-refractivity contribution in [3.05, 3.63) is 33.3 Å². The second-order valence-corrected chi connectivity index (χ2v) is 10.9. The van der Waals surface area contributed by atoms with Crippen molar-refractivity contribution in [1.82, 2.24) is 9.91 Å². The van der Waals surface area contributed by atoms with Crippen LogP contribution in [0, 0.1) is 0 Å². The fourth-order valence-electron chi connectivity index (χ4n) is 5.04. The van der Waals surface area contributed by atoms with Crippen molar-refractivity contribution in [3.63, 3.8) is 0 Å². The molecule has 2 unspecified atom stereocenters. The number of rotatable bonds is 10. The Bertz CT molecular complexity index is 829. The Kier molecular flexibility index (Phi) is 9.33. The van der Waals surface area contributed by atoms with Crippen molar-refractivity contribution in [2.45, 2.75) is 75.9 Å². The number of alkyl halides is 2. The molecule has 3 rings (SSSR count). The van der Waals surface area contributed by atoms with Crippen molar-refractivity contribution >= 4 is 11.3 Å². The van der Waals surface area contributed by atoms with Crippen LogP contribution < -0.4 is 11.6 Å². The molecule has 2 aliphatic heterocycles. The molecule has 0 aliphatic carbocycles. The summed E-state index contributed by atoms with van der Waals surface area (Å²) in [7, 11) is 0. The van der Waals surface area contributed by atoms with E-state index in [0.717, 1.165) is 30.8 Å². The van der Waals surface area contributed by atoms with Crippen molar-refractivity contribution in [2.75, 3.05) is 39.5 Å². The van der Waals surface area contributed by atoms with Crippen molar-refractivity contribution in [3.8, 4) is 0 Å². The first-order valence-electron chi connectivity index (χ1n) is 12.2. The maximum absolute atomic E-state index is 14.7. The average Bonchev–Trinajstić information content (AvgIpc) is 3.18. The summed E-state index contributed by atoms with van der Waals surface area (Å²) in [5.41, 5.74) is 5.84. The third-order valence-electron chi connectivity index (χ3n) is 7.13. The topological polar surface area (TPSA) is 108 Å². The lowest BCUT2D eigenvalue weighted by atomic mass is 9.85. The fourth-order valence-corrected chi connectivity index (χ4v) is 6.22. The molecular formula is C24H40F2N4O3S. The van der Waals surface area contributed by atoms with Crippen molar-refractivity contribution in [1.29, 1.82) is 0 Å². The molecule has 0 aromatic carbocycles. The largest absolute Gasteiger partial charge is 0.400 e. The van der Waals surface area contributed by atoms with Gasteiger partial charge in [0.05, 0.1) is 0 Å². The summed E-state index contributed by atoms with van der Waals surface area (Å²) < 4.78 is 34.5. The number of hydrogen-bond donors (Lipinski definition) is 4. The van der Waals surface area contributed by atoms with Gasteiger partial charge in [0.15, 0.2) is 0 Å². The van der Waals surface area contributed by atoms with Crippen LogP contribution in [-0.2, 0) is 17.6 Å². The van der Waals surface area contributed by atoms with Gasteiger partial charge in [0.25, 0.3) is 5.92 Å². The molecule has 2 aliphatic rings. The highest BCUT2D eigenvalue weighted by molar-refractivity contribution is 7.12. The van der Waals surface area contributed by atoms with Crippen LogP contribution in [0.5, 0.6) is 0 Å². The predicted octanol–water partition coefficient (Wildman–Crippen LogP) is 2.57. The summed E-state index contributed by atoms with van der Waals surface area (Å²) in [4.78, 5) is 4.89. The van der Waals surface area contributed by atoms with Crippen molar-refractivity contribution < 1.29 is 23.7 Å². The van der Waals surface area contributed by atoms with Crippen LogP contribution in [0.25, 0.3) is 0 Å². The van der Waals surface area contributed by atoms with Gasteiger partial charge in [-0.3, -0.25) is 4.90 Å². The lowest BCUT2D eigenvalue weighted by molar-refractivity contribution is -0.218. The van der Waals surface area contributed by atoms with E-state index in [0.29, 0.717) is 24.6 Å². The highest BCUT2D eigenvalue weighted by Gasteiger charge is 2.53. The Morgan fingerprint density at radius 2 is 2.12 bits per heavy atom. The maximum atomic E-state index is 14.7. The quantitative estimate of drug-likeness (QED) is 0.288. The fraction of sp³-hybridized carbons (Fsp3) is 0.750. The summed E-state index contributed by atoms with van der Waals surface area (Å²) in [6, 6.07) is 2.57. The molecule has 7 nitrogen and oxygen atoms in total. The molecule has 10 heteroatoms. The highest BCUT2D eigenvalue weighted by atomic mass is 32.1. The van der Waals surface area contributed by atoms with E-state index in [1.807, 2.05) is 0 Å². The number of likely N-dealkylation sites (tertiary alicyclic amines) is 1. The minimum atomic E-state index is -3.38. The van der Waals surface area contributed by atoms with Gasteiger partial charge in [0.1, 0.15) is 12.1 Å². The molecule has 2 atom stereocenters. The van der Waals surface area contributed by atoms with E-state index in [1.54, 1.807) is 11.3 Å². The number of hydrogen-bond acceptors (Lipinski definition) is 8. The van der Waals surface area contributed by atoms with E-state index < -0.39 is 18.1 Å². The minimum absolute atomic E-state index is 0.106. The van der Waals surface area contributed by atoms with Gasteiger partial charge in [-0.05, 0) is 50.3 Å². The van der Waals surface area contributed by atoms with Crippen LogP contribution in [0.4, 0.5) is 8.78 Å². The summed E-state index contributed by atoms with van der Waals surface area (Å²) in [6.07, 6.45) is 4.76. The zero-order valence-corrected chi connectivity index (χ0v) is 21.1. The van der Waals surface area contributed by atoms with Gasteiger partial charge in [0, 0.05) is 73.3 Å². The summed E-state index contributed by atoms with van der Waals surface area (Å²) >= 11 is 1.80. The molecule has 2 saturated heterocycles. The molecule has 1 aromatic heterocycles. The average molecular weight is 503 g/mol. The Labute approximate surface area is 205 Å². The first-order chi connectivity index (χ1) is 16.1. The molecule has 34 heavy (non-hydrogen) atoms. The number of halogens is 2. The molecule has 0 spiro atoms. The Balaban J connectivity index is 1.56. The first kappa shape index (κ1) is 27.3. The van der Waals surface area contributed by atoms with Crippen molar-refractivity contribution in [2.24, 2.45) is 11.6 Å². The molecule has 2 fully saturated rings. The summed E-state index contributed by atoms with van der Waals surface area (Å²) in [6.45, 7) is 5.16. The lowest BCUT2D eigenvalue weighted by Crippen LogP contribution is -2.57. The number of aliphatic hydroxyl groups excluding tert-OH is 1. The van der Waals surface area contributed by atoms with Crippen LogP contribution in [0.1, 0.15) is 60.8 Å². The van der Waals surface area contributed by atoms with Gasteiger partial charge in [-0.2, -0.15) is 0 Å². The number of aliphatic hydroxyl groups is 2. The van der Waals surface area contributed by atoms with E-state index in [-0.39, 0.29) is 38.7 Å². The number of ether oxygens (including phenoxy) is 1. The van der Waals surface area contributed by atoms with Gasteiger partial charge < -0.3 is 25.7 Å². The number of hydrazine groups is 1. The molecule has 0 amide bonds. The van der Waals surface area contributed by atoms with Gasteiger partial charge in [0.2, 0.25) is 0 Å². The van der Waals surface area contributed by atoms with E-state index in [4.69, 9.17) is 16.3 Å². The molecule has 0 bridgehead atoms. The standard InChI is InChI=1S/C24H40F2N4O3S/c1-3-20-13-21(22(34-20)5-9-31)18-4-8-29(17(2)12-18)14-19(27)15-30(28)16-24(25,26)23(32)6-10-33-11-7-23/h13,15,17-18,31-32H,3-12,14,16,27-28H2,1-2H3/b19-15-. The summed E-state index contributed by atoms with van der Waals surface area (Å²) in [5, 5.41) is 20.7. The van der Waals surface area contributed by atoms with Crippen LogP contribution in [0.15, 0.2) is 18.0 Å². The normalized spacial score (nSPS) is 24.4. The number of thiophene rings is 1. The number of piperidine rings is 1. The molecule has 6 N–H and O–H groups in total. The second kappa shape index (κ2) is 11.6. The first-order valence-corrected chi connectivity index (χ1v) is 13.0. The molecule has 0 radical (unpaired) electrons. The van der Waals surface area contributed by atoms with E-state index >= 15 is 0 Å². The van der Waals surface area contributed by atoms with Crippen LogP contribution >= 0.6 is 11.3 Å². The maximum Gasteiger partial charge on any atom is 0.294 e. The molecule has 0 saturated carbocycles. The monoisotopic (exact) mass is 502 g/mol. The van der Waals surface area contributed by atoms with Gasteiger partial charge in [-0.25, -0.2) is 14.6 Å². The number of nitrogens with two attached hydrogens (primary N) is 2. The SMILES string of the molecule is CCc1cc(C2CCN(C/C(N)=C/N(N)CC(F)(F)C3(O)CCOCC3)C(C)C2)c(CCO)s1. The van der Waals surface area contributed by atoms with Crippen LogP contribution in [0.2, 0.25) is 0 Å². The zero-order chi connectivity index (χ0) is 24.9. The van der Waals surface area contributed by atoms with Crippen LogP contribution in [0.3, 0.4) is 0 Å². The second-order valence-electron chi connectivity index (χ2n) is 9.68. The summed E-state index contributed by atoms with van der Waals surface area (Å²) in [5.74, 6) is 2.91. The molecule has 3 heterocycles. The van der Waals surface area contributed by atoms with Gasteiger partial charge in [-0.15, -0.1) is 11.3 Å². The molecule has 1 aromatic rings. The number of nitrogens with zero attached hydrogens (tertiary/aromatic N) is 2. The third kappa shape index (κ3) is 6.47. The van der Waals surface area contributed by atoms with Crippen LogP contribution in [-0.4, -0.2) is 77.1 Å². The van der Waals surface area contributed by atoms with Gasteiger partial charge >= 0.3 is 0 Å². The third-order valence-corrected chi connectivity index (χ3v) is 8.49. The highest BCUT2D eigenvalue weighted by Crippen LogP contribution is 2.38.